The van der Waals surface area contributed by atoms with Gasteiger partial charge in [-0.15, -0.1) is 0 Å². The third-order valence-electron chi connectivity index (χ3n) is 2.90. The fourth-order valence-electron chi connectivity index (χ4n) is 2.07. The lowest BCUT2D eigenvalue weighted by atomic mass is 10.0. The Kier molecular flexibility index (Phi) is 4.50. The molecule has 1 heterocycles. The molecule has 2 N–H and O–H groups in total. The minimum Gasteiger partial charge on any atom is -0.489 e. The van der Waals surface area contributed by atoms with Crippen LogP contribution in [0.1, 0.15) is 24.5 Å². The zero-order valence-electron chi connectivity index (χ0n) is 10.5. The number of ether oxygens (including phenoxy) is 2. The van der Waals surface area contributed by atoms with Crippen LogP contribution < -0.4 is 15.2 Å². The van der Waals surface area contributed by atoms with Gasteiger partial charge in [-0.05, 0) is 18.1 Å². The summed E-state index contributed by atoms with van der Waals surface area (Å²) in [5, 5.41) is 0.598. The lowest BCUT2D eigenvalue weighted by molar-refractivity contribution is 0.296. The molecule has 3 nitrogen and oxygen atoms in total. The predicted octanol–water partition coefficient (Wildman–Crippen LogP) is 3.04. The Morgan fingerprint density at radius 2 is 2.06 bits per heavy atom. The van der Waals surface area contributed by atoms with Gasteiger partial charge in [-0.25, -0.2) is 0 Å². The van der Waals surface area contributed by atoms with E-state index in [9.17, 15) is 0 Å². The molecule has 1 aliphatic heterocycles. The van der Waals surface area contributed by atoms with Crippen LogP contribution >= 0.6 is 11.6 Å². The summed E-state index contributed by atoms with van der Waals surface area (Å²) in [5.41, 5.74) is 7.67. The van der Waals surface area contributed by atoms with Gasteiger partial charge in [0, 0.05) is 18.5 Å². The second-order valence-electron chi connectivity index (χ2n) is 4.13. The second kappa shape index (κ2) is 6.12. The van der Waals surface area contributed by atoms with E-state index < -0.39 is 0 Å². The number of hydrogen-bond donors (Lipinski definition) is 1. The predicted molar refractivity (Wildman–Crippen MR) is 74.5 cm³/mol. The van der Waals surface area contributed by atoms with E-state index in [1.165, 1.54) is 0 Å². The maximum absolute atomic E-state index is 6.26. The molecule has 18 heavy (non-hydrogen) atoms. The van der Waals surface area contributed by atoms with Gasteiger partial charge >= 0.3 is 0 Å². The molecule has 4 heteroatoms. The van der Waals surface area contributed by atoms with Crippen molar-refractivity contribution in [2.75, 3.05) is 19.8 Å². The smallest absolute Gasteiger partial charge is 0.180 e. The largest absolute Gasteiger partial charge is 0.489 e. The molecule has 0 aromatic heterocycles. The van der Waals surface area contributed by atoms with E-state index in [0.29, 0.717) is 30.5 Å². The first kappa shape index (κ1) is 13.2. The Morgan fingerprint density at radius 3 is 2.72 bits per heavy atom. The number of benzene rings is 1. The fourth-order valence-corrected chi connectivity index (χ4v) is 2.33. The third-order valence-corrected chi connectivity index (χ3v) is 3.18. The van der Waals surface area contributed by atoms with E-state index in [0.717, 1.165) is 29.7 Å². The van der Waals surface area contributed by atoms with Gasteiger partial charge in [-0.2, -0.15) is 0 Å². The van der Waals surface area contributed by atoms with Gasteiger partial charge in [0.15, 0.2) is 11.5 Å². The molecule has 0 aliphatic carbocycles. The Labute approximate surface area is 113 Å². The zero-order valence-corrected chi connectivity index (χ0v) is 11.3. The molecule has 0 atom stereocenters. The van der Waals surface area contributed by atoms with E-state index in [2.05, 4.69) is 6.92 Å². The Bertz CT molecular complexity index is 458. The number of halogens is 1. The topological polar surface area (TPSA) is 44.5 Å². The van der Waals surface area contributed by atoms with Crippen LogP contribution in [-0.2, 0) is 6.42 Å². The van der Waals surface area contributed by atoms with Crippen LogP contribution in [0.3, 0.4) is 0 Å². The van der Waals surface area contributed by atoms with Crippen molar-refractivity contribution in [2.24, 2.45) is 5.73 Å². The molecule has 0 amide bonds. The summed E-state index contributed by atoms with van der Waals surface area (Å²) >= 11 is 6.26. The Balaban J connectivity index is 2.53. The molecular formula is C14H18ClNO2. The van der Waals surface area contributed by atoms with Crippen LogP contribution in [0.15, 0.2) is 12.1 Å². The molecule has 0 radical (unpaired) electrons. The average Bonchev–Trinajstić information content (AvgIpc) is 2.62. The molecular weight excluding hydrogens is 250 g/mol. The standard InChI is InChI=1S/C14H18ClNO2/c1-2-11-10(5-3-6-16)9-12(15)14-13(11)17-7-4-8-18-14/h3,5,9H,2,4,6-8,16H2,1H3/b5-3+. The third kappa shape index (κ3) is 2.62. The average molecular weight is 268 g/mol. The first-order valence-electron chi connectivity index (χ1n) is 6.25. The molecule has 0 fully saturated rings. The Morgan fingerprint density at radius 1 is 1.33 bits per heavy atom. The van der Waals surface area contributed by atoms with Crippen LogP contribution in [0.5, 0.6) is 11.5 Å². The van der Waals surface area contributed by atoms with Crippen molar-refractivity contribution in [3.63, 3.8) is 0 Å². The number of fused-ring (bicyclic) bond motifs is 1. The van der Waals surface area contributed by atoms with Crippen molar-refractivity contribution in [2.45, 2.75) is 19.8 Å². The monoisotopic (exact) mass is 267 g/mol. The van der Waals surface area contributed by atoms with E-state index in [1.807, 2.05) is 18.2 Å². The van der Waals surface area contributed by atoms with Crippen LogP contribution in [-0.4, -0.2) is 19.8 Å². The highest BCUT2D eigenvalue weighted by molar-refractivity contribution is 6.32. The van der Waals surface area contributed by atoms with E-state index >= 15 is 0 Å². The van der Waals surface area contributed by atoms with Crippen molar-refractivity contribution in [3.05, 3.63) is 28.3 Å². The molecule has 2 rings (SSSR count). The van der Waals surface area contributed by atoms with Crippen LogP contribution in [0.2, 0.25) is 5.02 Å². The maximum Gasteiger partial charge on any atom is 0.180 e. The first-order chi connectivity index (χ1) is 8.77. The van der Waals surface area contributed by atoms with Crippen molar-refractivity contribution in [1.29, 1.82) is 0 Å². The lowest BCUT2D eigenvalue weighted by Crippen LogP contribution is -2.00. The molecule has 0 spiro atoms. The molecule has 0 unspecified atom stereocenters. The quantitative estimate of drug-likeness (QED) is 0.916. The zero-order chi connectivity index (χ0) is 13.0. The maximum atomic E-state index is 6.26. The molecule has 1 aromatic rings. The summed E-state index contributed by atoms with van der Waals surface area (Å²) in [5.74, 6) is 1.47. The van der Waals surface area contributed by atoms with Crippen molar-refractivity contribution in [1.82, 2.24) is 0 Å². The minimum absolute atomic E-state index is 0.509. The fraction of sp³-hybridized carbons (Fsp3) is 0.429. The highest BCUT2D eigenvalue weighted by Crippen LogP contribution is 2.42. The van der Waals surface area contributed by atoms with Gasteiger partial charge in [0.1, 0.15) is 0 Å². The molecule has 0 saturated carbocycles. The van der Waals surface area contributed by atoms with E-state index in [1.54, 1.807) is 0 Å². The molecule has 0 bridgehead atoms. The number of nitrogens with two attached hydrogens (primary N) is 1. The van der Waals surface area contributed by atoms with Gasteiger partial charge in [0.2, 0.25) is 0 Å². The Hall–Kier alpha value is -1.19. The lowest BCUT2D eigenvalue weighted by Gasteiger charge is -2.15. The second-order valence-corrected chi connectivity index (χ2v) is 4.53. The van der Waals surface area contributed by atoms with Gasteiger partial charge in [0.05, 0.1) is 18.2 Å². The highest BCUT2D eigenvalue weighted by atomic mass is 35.5. The van der Waals surface area contributed by atoms with Crippen molar-refractivity contribution in [3.8, 4) is 11.5 Å². The minimum atomic E-state index is 0.509. The van der Waals surface area contributed by atoms with Gasteiger partial charge in [0.25, 0.3) is 0 Å². The number of rotatable bonds is 3. The summed E-state index contributed by atoms with van der Waals surface area (Å²) in [4.78, 5) is 0. The van der Waals surface area contributed by atoms with Crippen LogP contribution in [0.25, 0.3) is 6.08 Å². The number of hydrogen-bond acceptors (Lipinski definition) is 3. The normalized spacial score (nSPS) is 14.8. The highest BCUT2D eigenvalue weighted by Gasteiger charge is 2.20. The van der Waals surface area contributed by atoms with Crippen molar-refractivity contribution >= 4 is 17.7 Å². The summed E-state index contributed by atoms with van der Waals surface area (Å²) in [6.45, 7) is 3.92. The van der Waals surface area contributed by atoms with Gasteiger partial charge in [-0.3, -0.25) is 0 Å². The summed E-state index contributed by atoms with van der Waals surface area (Å²) < 4.78 is 11.5. The SMILES string of the molecule is CCc1c(/C=C/CN)cc(Cl)c2c1OCCCO2. The van der Waals surface area contributed by atoms with Gasteiger partial charge in [-0.1, -0.05) is 30.7 Å². The first-order valence-corrected chi connectivity index (χ1v) is 6.63. The van der Waals surface area contributed by atoms with Crippen LogP contribution in [0, 0.1) is 0 Å². The summed E-state index contributed by atoms with van der Waals surface area (Å²) in [7, 11) is 0. The van der Waals surface area contributed by atoms with Gasteiger partial charge < -0.3 is 15.2 Å². The molecule has 1 aliphatic rings. The van der Waals surface area contributed by atoms with E-state index in [4.69, 9.17) is 26.8 Å². The van der Waals surface area contributed by atoms with E-state index in [-0.39, 0.29) is 0 Å². The molecule has 1 aromatic carbocycles. The molecule has 98 valence electrons. The summed E-state index contributed by atoms with van der Waals surface area (Å²) in [6, 6.07) is 1.92. The summed E-state index contributed by atoms with van der Waals surface area (Å²) in [6.07, 6.45) is 5.64. The van der Waals surface area contributed by atoms with Crippen molar-refractivity contribution < 1.29 is 9.47 Å². The molecule has 0 saturated heterocycles. The van der Waals surface area contributed by atoms with Crippen LogP contribution in [0.4, 0.5) is 0 Å².